The van der Waals surface area contributed by atoms with Gasteiger partial charge in [0.05, 0.1) is 11.3 Å². The van der Waals surface area contributed by atoms with Gasteiger partial charge >= 0.3 is 0 Å². The first kappa shape index (κ1) is 16.3. The summed E-state index contributed by atoms with van der Waals surface area (Å²) in [4.78, 5) is 13.7. The first-order valence-electron chi connectivity index (χ1n) is 7.40. The molecule has 0 spiro atoms. The van der Waals surface area contributed by atoms with Crippen LogP contribution in [0.1, 0.15) is 16.8 Å². The number of nitrogens with one attached hydrogen (secondary N) is 1. The van der Waals surface area contributed by atoms with Gasteiger partial charge in [-0.2, -0.15) is 0 Å². The number of nitrogens with zero attached hydrogens (tertiary/aromatic N) is 1. The van der Waals surface area contributed by atoms with Crippen molar-refractivity contribution in [2.75, 3.05) is 18.0 Å². The van der Waals surface area contributed by atoms with Crippen LogP contribution < -0.4 is 10.2 Å². The van der Waals surface area contributed by atoms with E-state index in [-0.39, 0.29) is 17.3 Å². The number of carbonyl (C=O) groups is 1. The zero-order valence-corrected chi connectivity index (χ0v) is 12.5. The first-order valence-corrected chi connectivity index (χ1v) is 7.40. The Morgan fingerprint density at radius 3 is 2.46 bits per heavy atom. The molecule has 3 rings (SSSR count). The topological polar surface area (TPSA) is 32.3 Å². The van der Waals surface area contributed by atoms with Gasteiger partial charge in [-0.15, -0.1) is 0 Å². The monoisotopic (exact) mass is 338 g/mol. The van der Waals surface area contributed by atoms with Crippen LogP contribution in [-0.2, 0) is 0 Å². The van der Waals surface area contributed by atoms with Crippen LogP contribution in [0, 0.1) is 23.3 Å². The molecule has 0 bridgehead atoms. The molecule has 3 nitrogen and oxygen atoms in total. The fourth-order valence-corrected chi connectivity index (χ4v) is 2.77. The van der Waals surface area contributed by atoms with Gasteiger partial charge in [0.2, 0.25) is 0 Å². The minimum atomic E-state index is -0.812. The van der Waals surface area contributed by atoms with Crippen molar-refractivity contribution in [3.05, 3.63) is 65.2 Å². The van der Waals surface area contributed by atoms with Crippen molar-refractivity contribution in [1.82, 2.24) is 5.32 Å². The van der Waals surface area contributed by atoms with E-state index in [2.05, 4.69) is 5.32 Å². The smallest absolute Gasteiger partial charge is 0.254 e. The van der Waals surface area contributed by atoms with Crippen molar-refractivity contribution in [2.45, 2.75) is 12.5 Å². The van der Waals surface area contributed by atoms with E-state index in [0.29, 0.717) is 19.5 Å². The molecular weight excluding hydrogens is 324 g/mol. The Hall–Kier alpha value is -2.57. The highest BCUT2D eigenvalue weighted by Gasteiger charge is 2.27. The fraction of sp³-hybridized carbons (Fsp3) is 0.235. The Morgan fingerprint density at radius 1 is 1.00 bits per heavy atom. The highest BCUT2D eigenvalue weighted by Crippen LogP contribution is 2.24. The zero-order valence-electron chi connectivity index (χ0n) is 12.5. The predicted octanol–water partition coefficient (Wildman–Crippen LogP) is 3.25. The molecule has 1 N–H and O–H groups in total. The maximum atomic E-state index is 13.8. The summed E-state index contributed by atoms with van der Waals surface area (Å²) >= 11 is 0. The van der Waals surface area contributed by atoms with Gasteiger partial charge < -0.3 is 10.2 Å². The quantitative estimate of drug-likeness (QED) is 0.872. The van der Waals surface area contributed by atoms with E-state index in [1.807, 2.05) is 0 Å². The Bertz CT molecular complexity index is 781. The molecule has 1 saturated heterocycles. The molecule has 1 atom stereocenters. The van der Waals surface area contributed by atoms with Gasteiger partial charge in [0.1, 0.15) is 23.3 Å². The molecule has 7 heteroatoms. The van der Waals surface area contributed by atoms with Crippen LogP contribution in [0.25, 0.3) is 0 Å². The lowest BCUT2D eigenvalue weighted by Gasteiger charge is -2.19. The van der Waals surface area contributed by atoms with E-state index >= 15 is 0 Å². The minimum absolute atomic E-state index is 0.241. The number of halogens is 4. The third kappa shape index (κ3) is 3.34. The number of hydrogen-bond acceptors (Lipinski definition) is 2. The Balaban J connectivity index is 1.68. The second-order valence-corrected chi connectivity index (χ2v) is 5.62. The average molecular weight is 338 g/mol. The molecule has 0 aliphatic carbocycles. The number of hydrogen-bond donors (Lipinski definition) is 1. The lowest BCUT2D eigenvalue weighted by atomic mass is 10.1. The predicted molar refractivity (Wildman–Crippen MR) is 80.8 cm³/mol. The van der Waals surface area contributed by atoms with E-state index < -0.39 is 29.2 Å². The number of amides is 1. The van der Waals surface area contributed by atoms with Gasteiger partial charge in [-0.3, -0.25) is 4.79 Å². The standard InChI is InChI=1S/C17H14F4N2O/c18-10-1-3-14(20)13(7-10)17(24)22-12-5-6-23(9-12)16-4-2-11(19)8-15(16)21/h1-4,7-8,12H,5-6,9H2,(H,22,24). The highest BCUT2D eigenvalue weighted by atomic mass is 19.1. The van der Waals surface area contributed by atoms with Crippen LogP contribution in [0.15, 0.2) is 36.4 Å². The summed E-state index contributed by atoms with van der Waals surface area (Å²) in [5.41, 5.74) is -0.133. The summed E-state index contributed by atoms with van der Waals surface area (Å²) in [5, 5.41) is 2.61. The van der Waals surface area contributed by atoms with Gasteiger partial charge in [0, 0.05) is 25.2 Å². The second-order valence-electron chi connectivity index (χ2n) is 5.62. The largest absolute Gasteiger partial charge is 0.367 e. The van der Waals surface area contributed by atoms with Gasteiger partial charge in [0.25, 0.3) is 5.91 Å². The summed E-state index contributed by atoms with van der Waals surface area (Å²) in [6.07, 6.45) is 0.513. The fourth-order valence-electron chi connectivity index (χ4n) is 2.77. The van der Waals surface area contributed by atoms with Crippen LogP contribution in [0.4, 0.5) is 23.2 Å². The highest BCUT2D eigenvalue weighted by molar-refractivity contribution is 5.94. The van der Waals surface area contributed by atoms with E-state index in [9.17, 15) is 22.4 Å². The average Bonchev–Trinajstić information content (AvgIpc) is 2.97. The SMILES string of the molecule is O=C(NC1CCN(c2ccc(F)cc2F)C1)c1cc(F)ccc1F. The molecule has 1 aliphatic rings. The van der Waals surface area contributed by atoms with Crippen molar-refractivity contribution in [3.63, 3.8) is 0 Å². The third-order valence-corrected chi connectivity index (χ3v) is 3.95. The van der Waals surface area contributed by atoms with Crippen LogP contribution >= 0.6 is 0 Å². The molecule has 1 fully saturated rings. The van der Waals surface area contributed by atoms with Crippen molar-refractivity contribution < 1.29 is 22.4 Å². The molecule has 1 amide bonds. The summed E-state index contributed by atoms with van der Waals surface area (Å²) in [5.74, 6) is -3.59. The van der Waals surface area contributed by atoms with Crippen molar-refractivity contribution in [2.24, 2.45) is 0 Å². The van der Waals surface area contributed by atoms with Crippen LogP contribution in [0.3, 0.4) is 0 Å². The summed E-state index contributed by atoms with van der Waals surface area (Å²) in [7, 11) is 0. The maximum Gasteiger partial charge on any atom is 0.254 e. The van der Waals surface area contributed by atoms with E-state index in [4.69, 9.17) is 0 Å². The molecule has 2 aromatic rings. The summed E-state index contributed by atoms with van der Waals surface area (Å²) in [6.45, 7) is 0.754. The maximum absolute atomic E-state index is 13.8. The zero-order chi connectivity index (χ0) is 17.3. The molecule has 1 heterocycles. The van der Waals surface area contributed by atoms with Gasteiger partial charge in [-0.1, -0.05) is 0 Å². The van der Waals surface area contributed by atoms with Crippen LogP contribution in [-0.4, -0.2) is 25.0 Å². The molecule has 0 saturated carbocycles. The minimum Gasteiger partial charge on any atom is -0.367 e. The second kappa shape index (κ2) is 6.51. The van der Waals surface area contributed by atoms with Gasteiger partial charge in [0.15, 0.2) is 0 Å². The van der Waals surface area contributed by atoms with E-state index in [1.165, 1.54) is 6.07 Å². The molecule has 1 aliphatic heterocycles. The molecule has 126 valence electrons. The van der Waals surface area contributed by atoms with Crippen molar-refractivity contribution >= 4 is 11.6 Å². The van der Waals surface area contributed by atoms with Gasteiger partial charge in [-0.05, 0) is 36.8 Å². The normalized spacial score (nSPS) is 17.2. The van der Waals surface area contributed by atoms with Crippen molar-refractivity contribution in [3.8, 4) is 0 Å². The van der Waals surface area contributed by atoms with E-state index in [0.717, 1.165) is 30.3 Å². The first-order chi connectivity index (χ1) is 11.4. The molecule has 2 aromatic carbocycles. The Kier molecular flexibility index (Phi) is 4.42. The molecule has 24 heavy (non-hydrogen) atoms. The summed E-state index contributed by atoms with van der Waals surface area (Å²) in [6, 6.07) is 5.60. The molecule has 0 aromatic heterocycles. The molecular formula is C17H14F4N2O. The lowest BCUT2D eigenvalue weighted by Crippen LogP contribution is -2.37. The van der Waals surface area contributed by atoms with Crippen LogP contribution in [0.5, 0.6) is 0 Å². The lowest BCUT2D eigenvalue weighted by molar-refractivity contribution is 0.0936. The Labute approximate surface area is 135 Å². The Morgan fingerprint density at radius 2 is 1.71 bits per heavy atom. The number of benzene rings is 2. The number of rotatable bonds is 3. The van der Waals surface area contributed by atoms with Crippen molar-refractivity contribution in [1.29, 1.82) is 0 Å². The number of anilines is 1. The molecule has 1 unspecified atom stereocenters. The summed E-state index contributed by atoms with van der Waals surface area (Å²) < 4.78 is 53.5. The number of carbonyl (C=O) groups excluding carboxylic acids is 1. The van der Waals surface area contributed by atoms with Crippen LogP contribution in [0.2, 0.25) is 0 Å². The van der Waals surface area contributed by atoms with Gasteiger partial charge in [-0.25, -0.2) is 17.6 Å². The molecule has 0 radical (unpaired) electrons. The van der Waals surface area contributed by atoms with E-state index in [1.54, 1.807) is 4.90 Å². The third-order valence-electron chi connectivity index (χ3n) is 3.95.